The van der Waals surface area contributed by atoms with Crippen molar-refractivity contribution in [1.29, 1.82) is 0 Å². The molecular formula is C42H56F3N7O3. The third-order valence-corrected chi connectivity index (χ3v) is 12.2. The zero-order valence-corrected chi connectivity index (χ0v) is 33.4. The smallest absolute Gasteiger partial charge is 0.416 e. The number of anilines is 1. The van der Waals surface area contributed by atoms with Gasteiger partial charge in [-0.3, -0.25) is 14.6 Å². The Kier molecular flexibility index (Phi) is 10.4. The SMILES string of the molecule is Cn1cnnc1C[C@]1(c2cccc(N3Cc4c(cc(CN5CCC[C@H](CN6CCN(C(=O)OC(C)(C)C)CC6(C)C)C5)cc4C(F)(F)F)C3=O)c2)C[C@H](C)C1. The standard InChI is InChI=1S/C42H56F3N7O3/c1-28-19-41(20-28,21-36-47-46-27-48(36)7)31-11-8-12-32(18-31)52-25-34-33(37(52)53)16-30(17-35(34)42(43,44)45)23-49-13-9-10-29(22-49)24-51-15-14-50(26-40(51,5)6)38(54)55-39(2,3)4/h8,11-12,16-18,27-29H,9-10,13-15,19-26H2,1-7H3/t28-,29-,41-/m0/s1. The van der Waals surface area contributed by atoms with Crippen LogP contribution in [0, 0.1) is 11.8 Å². The van der Waals surface area contributed by atoms with E-state index in [1.165, 1.54) is 11.0 Å². The number of amides is 2. The van der Waals surface area contributed by atoms with Gasteiger partial charge < -0.3 is 19.1 Å². The van der Waals surface area contributed by atoms with Crippen LogP contribution in [0.15, 0.2) is 42.7 Å². The highest BCUT2D eigenvalue weighted by Crippen LogP contribution is 2.50. The Labute approximate surface area is 323 Å². The number of hydrogen-bond acceptors (Lipinski definition) is 7. The van der Waals surface area contributed by atoms with Crippen molar-refractivity contribution in [3.8, 4) is 0 Å². The van der Waals surface area contributed by atoms with Crippen molar-refractivity contribution in [3.63, 3.8) is 0 Å². The summed E-state index contributed by atoms with van der Waals surface area (Å²) in [5.74, 6) is 1.35. The molecule has 10 nitrogen and oxygen atoms in total. The number of piperidine rings is 1. The van der Waals surface area contributed by atoms with Gasteiger partial charge in [-0.05, 0) is 120 Å². The van der Waals surface area contributed by atoms with E-state index in [0.29, 0.717) is 49.1 Å². The third-order valence-electron chi connectivity index (χ3n) is 12.2. The first-order chi connectivity index (χ1) is 25.8. The summed E-state index contributed by atoms with van der Waals surface area (Å²) in [5, 5.41) is 8.39. The van der Waals surface area contributed by atoms with E-state index in [2.05, 4.69) is 46.8 Å². The van der Waals surface area contributed by atoms with Crippen LogP contribution in [0.5, 0.6) is 0 Å². The second kappa shape index (κ2) is 14.5. The number of benzene rings is 2. The predicted molar refractivity (Wildman–Crippen MR) is 205 cm³/mol. The van der Waals surface area contributed by atoms with Crippen LogP contribution in [0.3, 0.4) is 0 Å². The van der Waals surface area contributed by atoms with Crippen LogP contribution in [0.2, 0.25) is 0 Å². The molecule has 55 heavy (non-hydrogen) atoms. The summed E-state index contributed by atoms with van der Waals surface area (Å²) in [6, 6.07) is 10.8. The molecule has 1 aliphatic carbocycles. The molecule has 0 radical (unpaired) electrons. The lowest BCUT2D eigenvalue weighted by molar-refractivity contribution is -0.138. The summed E-state index contributed by atoms with van der Waals surface area (Å²) in [7, 11) is 1.93. The van der Waals surface area contributed by atoms with Crippen LogP contribution >= 0.6 is 0 Å². The number of piperazine rings is 1. The van der Waals surface area contributed by atoms with Gasteiger partial charge >= 0.3 is 12.3 Å². The fourth-order valence-electron chi connectivity index (χ4n) is 9.58. The highest BCUT2D eigenvalue weighted by Gasteiger charge is 2.46. The number of nitrogens with zero attached hydrogens (tertiary/aromatic N) is 7. The number of ether oxygens (including phenoxy) is 1. The number of likely N-dealkylation sites (tertiary alicyclic amines) is 1. The monoisotopic (exact) mass is 763 g/mol. The summed E-state index contributed by atoms with van der Waals surface area (Å²) in [5.41, 5.74) is 0.661. The van der Waals surface area contributed by atoms with E-state index in [1.54, 1.807) is 17.3 Å². The van der Waals surface area contributed by atoms with Crippen LogP contribution in [-0.2, 0) is 42.9 Å². The maximum Gasteiger partial charge on any atom is 0.416 e. The maximum atomic E-state index is 14.7. The molecule has 1 atom stereocenters. The van der Waals surface area contributed by atoms with Crippen LogP contribution < -0.4 is 4.90 Å². The number of carbonyl (C=O) groups is 2. The molecule has 3 aliphatic heterocycles. The van der Waals surface area contributed by atoms with E-state index in [1.807, 2.05) is 50.6 Å². The van der Waals surface area contributed by atoms with Gasteiger partial charge in [-0.25, -0.2) is 4.79 Å². The van der Waals surface area contributed by atoms with Gasteiger partial charge in [0.25, 0.3) is 5.91 Å². The molecule has 3 aromatic rings. The van der Waals surface area contributed by atoms with Crippen LogP contribution in [0.4, 0.5) is 23.7 Å². The Morgan fingerprint density at radius 3 is 2.47 bits per heavy atom. The van der Waals surface area contributed by atoms with Gasteiger partial charge in [0.2, 0.25) is 0 Å². The molecule has 4 heterocycles. The van der Waals surface area contributed by atoms with Gasteiger partial charge in [0, 0.05) is 74.9 Å². The van der Waals surface area contributed by atoms with Gasteiger partial charge in [-0.1, -0.05) is 19.1 Å². The first-order valence-electron chi connectivity index (χ1n) is 19.7. The fourth-order valence-corrected chi connectivity index (χ4v) is 9.58. The number of carbonyl (C=O) groups excluding carboxylic acids is 2. The van der Waals surface area contributed by atoms with Crippen LogP contribution in [0.1, 0.15) is 106 Å². The maximum absolute atomic E-state index is 14.7. The number of aromatic nitrogens is 3. The molecule has 2 aromatic carbocycles. The first-order valence-corrected chi connectivity index (χ1v) is 19.7. The zero-order chi connectivity index (χ0) is 39.5. The highest BCUT2D eigenvalue weighted by atomic mass is 19.4. The number of alkyl halides is 3. The first kappa shape index (κ1) is 39.3. The summed E-state index contributed by atoms with van der Waals surface area (Å²) in [6.45, 7) is 16.6. The van der Waals surface area contributed by atoms with Crippen molar-refractivity contribution >= 4 is 17.7 Å². The van der Waals surface area contributed by atoms with E-state index in [-0.39, 0.29) is 34.7 Å². The lowest BCUT2D eigenvalue weighted by Crippen LogP contribution is -2.62. The summed E-state index contributed by atoms with van der Waals surface area (Å²) in [6.07, 6.45) is 1.39. The minimum absolute atomic E-state index is 0.0435. The van der Waals surface area contributed by atoms with E-state index in [0.717, 1.165) is 63.3 Å². The molecule has 2 amide bonds. The average molecular weight is 764 g/mol. The Bertz CT molecular complexity index is 1910. The van der Waals surface area contributed by atoms with Gasteiger partial charge in [0.15, 0.2) is 0 Å². The molecule has 7 rings (SSSR count). The third kappa shape index (κ3) is 8.28. The number of aryl methyl sites for hydroxylation is 1. The lowest BCUT2D eigenvalue weighted by atomic mass is 9.57. The minimum atomic E-state index is -4.60. The molecule has 0 unspecified atom stereocenters. The Morgan fingerprint density at radius 1 is 1.05 bits per heavy atom. The molecule has 1 saturated carbocycles. The molecule has 3 fully saturated rings. The van der Waals surface area contributed by atoms with Crippen molar-refractivity contribution in [2.24, 2.45) is 18.9 Å². The fraction of sp³-hybridized carbons (Fsp3) is 0.619. The highest BCUT2D eigenvalue weighted by molar-refractivity contribution is 6.10. The van der Waals surface area contributed by atoms with Crippen molar-refractivity contribution < 1.29 is 27.5 Å². The summed E-state index contributed by atoms with van der Waals surface area (Å²) < 4.78 is 51.8. The molecule has 0 N–H and O–H groups in total. The Morgan fingerprint density at radius 2 is 1.82 bits per heavy atom. The van der Waals surface area contributed by atoms with Crippen molar-refractivity contribution in [3.05, 3.63) is 76.4 Å². The number of fused-ring (bicyclic) bond motifs is 1. The molecule has 4 aliphatic rings. The number of rotatable bonds is 8. The summed E-state index contributed by atoms with van der Waals surface area (Å²) >= 11 is 0. The Balaban J connectivity index is 1.05. The minimum Gasteiger partial charge on any atom is -0.444 e. The molecule has 2 saturated heterocycles. The average Bonchev–Trinajstić information content (AvgIpc) is 3.64. The van der Waals surface area contributed by atoms with Crippen LogP contribution in [-0.4, -0.2) is 91.9 Å². The second-order valence-electron chi connectivity index (χ2n) is 18.3. The molecule has 0 spiro atoms. The topological polar surface area (TPSA) is 87.0 Å². The molecule has 0 bridgehead atoms. The molecular weight excluding hydrogens is 708 g/mol. The Hall–Kier alpha value is -3.97. The van der Waals surface area contributed by atoms with Gasteiger partial charge in [0.1, 0.15) is 17.8 Å². The lowest BCUT2D eigenvalue weighted by Gasteiger charge is -2.49. The summed E-state index contributed by atoms with van der Waals surface area (Å²) in [4.78, 5) is 34.8. The van der Waals surface area contributed by atoms with E-state index < -0.39 is 23.2 Å². The van der Waals surface area contributed by atoms with Gasteiger partial charge in [-0.2, -0.15) is 13.2 Å². The van der Waals surface area contributed by atoms with E-state index in [4.69, 9.17) is 4.74 Å². The predicted octanol–water partition coefficient (Wildman–Crippen LogP) is 7.45. The number of hydrogen-bond donors (Lipinski definition) is 0. The van der Waals surface area contributed by atoms with E-state index >= 15 is 0 Å². The quantitative estimate of drug-likeness (QED) is 0.236. The van der Waals surface area contributed by atoms with Gasteiger partial charge in [-0.15, -0.1) is 10.2 Å². The van der Waals surface area contributed by atoms with Crippen molar-refractivity contribution in [2.75, 3.05) is 44.2 Å². The second-order valence-corrected chi connectivity index (χ2v) is 18.3. The molecule has 298 valence electrons. The van der Waals surface area contributed by atoms with E-state index in [9.17, 15) is 22.8 Å². The number of halogens is 3. The molecule has 13 heteroatoms. The van der Waals surface area contributed by atoms with Gasteiger partial charge in [0.05, 0.1) is 12.1 Å². The normalized spacial score (nSPS) is 24.9. The van der Waals surface area contributed by atoms with Crippen molar-refractivity contribution in [1.82, 2.24) is 29.5 Å². The zero-order valence-electron chi connectivity index (χ0n) is 33.4. The molecule has 1 aromatic heterocycles. The van der Waals surface area contributed by atoms with Crippen LogP contribution in [0.25, 0.3) is 0 Å². The van der Waals surface area contributed by atoms with Crippen molar-refractivity contribution in [2.45, 2.75) is 109 Å². The largest absolute Gasteiger partial charge is 0.444 e.